The molecule has 0 aromatic heterocycles. The predicted molar refractivity (Wildman–Crippen MR) is 105 cm³/mol. The fraction of sp³-hybridized carbons (Fsp3) is 0.250. The summed E-state index contributed by atoms with van der Waals surface area (Å²) in [5.41, 5.74) is 0.953. The molecule has 3 N–H and O–H groups in total. The Balaban J connectivity index is 2.17. The third-order valence-electron chi connectivity index (χ3n) is 4.07. The third kappa shape index (κ3) is 6.16. The summed E-state index contributed by atoms with van der Waals surface area (Å²) in [6.07, 6.45) is -0.0472. The first-order valence-electron chi connectivity index (χ1n) is 8.55. The zero-order valence-electron chi connectivity index (χ0n) is 15.1. The van der Waals surface area contributed by atoms with Crippen LogP contribution in [0.15, 0.2) is 53.0 Å². The lowest BCUT2D eigenvalue weighted by atomic mass is 10.0. The van der Waals surface area contributed by atoms with Gasteiger partial charge in [-0.2, -0.15) is 0 Å². The minimum Gasteiger partial charge on any atom is -0.480 e. The van der Waals surface area contributed by atoms with Gasteiger partial charge in [0.15, 0.2) is 0 Å². The van der Waals surface area contributed by atoms with Crippen LogP contribution in [0.4, 0.5) is 4.39 Å². The zero-order valence-corrected chi connectivity index (χ0v) is 16.7. The Morgan fingerprint density at radius 3 is 2.11 bits per heavy atom. The van der Waals surface area contributed by atoms with E-state index in [-0.39, 0.29) is 18.4 Å². The molecule has 0 aliphatic carbocycles. The zero-order chi connectivity index (χ0) is 20.7. The van der Waals surface area contributed by atoms with E-state index in [0.717, 1.165) is 4.47 Å². The molecule has 0 spiro atoms. The molecule has 8 heteroatoms. The van der Waals surface area contributed by atoms with Crippen LogP contribution in [0.2, 0.25) is 0 Å². The molecule has 2 atom stereocenters. The number of benzene rings is 2. The lowest BCUT2D eigenvalue weighted by Crippen LogP contribution is -2.52. The lowest BCUT2D eigenvalue weighted by molar-refractivity contribution is -0.142. The van der Waals surface area contributed by atoms with Crippen molar-refractivity contribution in [3.05, 3.63) is 69.9 Å². The molecular formula is C20H20BrFN2O4. The Kier molecular flexibility index (Phi) is 7.69. The maximum absolute atomic E-state index is 13.9. The van der Waals surface area contributed by atoms with Gasteiger partial charge in [0.05, 0.1) is 0 Å². The molecule has 0 heterocycles. The molecule has 6 nitrogen and oxygen atoms in total. The largest absolute Gasteiger partial charge is 0.480 e. The van der Waals surface area contributed by atoms with Crippen molar-refractivity contribution >= 4 is 33.7 Å². The second-order valence-corrected chi connectivity index (χ2v) is 7.10. The Morgan fingerprint density at radius 1 is 0.964 bits per heavy atom. The number of hydrogen-bond acceptors (Lipinski definition) is 3. The molecule has 0 aliphatic heterocycles. The van der Waals surface area contributed by atoms with Crippen molar-refractivity contribution in [3.8, 4) is 0 Å². The second kappa shape index (κ2) is 9.98. The number of carboxylic acid groups (broad SMARTS) is 1. The monoisotopic (exact) mass is 450 g/mol. The van der Waals surface area contributed by atoms with Crippen LogP contribution in [0.5, 0.6) is 0 Å². The highest BCUT2D eigenvalue weighted by molar-refractivity contribution is 9.10. The van der Waals surface area contributed by atoms with Crippen LogP contribution in [-0.4, -0.2) is 35.0 Å². The van der Waals surface area contributed by atoms with Crippen molar-refractivity contribution < 1.29 is 23.9 Å². The molecule has 2 aromatic rings. The summed E-state index contributed by atoms with van der Waals surface area (Å²) >= 11 is 3.35. The minimum absolute atomic E-state index is 0.0506. The van der Waals surface area contributed by atoms with E-state index in [1.807, 2.05) is 0 Å². The number of aliphatic carboxylic acids is 1. The summed E-state index contributed by atoms with van der Waals surface area (Å²) in [4.78, 5) is 35.8. The van der Waals surface area contributed by atoms with Crippen LogP contribution in [0.25, 0.3) is 0 Å². The van der Waals surface area contributed by atoms with Crippen molar-refractivity contribution in [1.82, 2.24) is 10.6 Å². The van der Waals surface area contributed by atoms with Crippen molar-refractivity contribution in [2.24, 2.45) is 0 Å². The van der Waals surface area contributed by atoms with Gasteiger partial charge < -0.3 is 15.7 Å². The molecule has 2 rings (SSSR count). The van der Waals surface area contributed by atoms with Gasteiger partial charge in [0.25, 0.3) is 0 Å². The molecule has 0 saturated heterocycles. The Bertz CT molecular complexity index is 875. The number of hydrogen-bond donors (Lipinski definition) is 3. The van der Waals surface area contributed by atoms with Gasteiger partial charge in [-0.05, 0) is 23.3 Å². The molecular weight excluding hydrogens is 431 g/mol. The highest BCUT2D eigenvalue weighted by Crippen LogP contribution is 2.18. The van der Waals surface area contributed by atoms with Crippen LogP contribution in [-0.2, 0) is 27.2 Å². The maximum Gasteiger partial charge on any atom is 0.326 e. The van der Waals surface area contributed by atoms with Crippen molar-refractivity contribution in [3.63, 3.8) is 0 Å². The van der Waals surface area contributed by atoms with Crippen LogP contribution in [0, 0.1) is 5.82 Å². The fourth-order valence-corrected chi connectivity index (χ4v) is 3.14. The molecule has 0 unspecified atom stereocenters. The molecule has 28 heavy (non-hydrogen) atoms. The number of nitrogens with one attached hydrogen (secondary N) is 2. The normalized spacial score (nSPS) is 12.7. The van der Waals surface area contributed by atoms with Gasteiger partial charge in [-0.1, -0.05) is 52.3 Å². The average molecular weight is 451 g/mol. The Hall–Kier alpha value is -2.74. The summed E-state index contributed by atoms with van der Waals surface area (Å²) in [6, 6.07) is 10.7. The van der Waals surface area contributed by atoms with E-state index in [1.165, 1.54) is 25.1 Å². The standard InChI is InChI=1S/C20H20BrFN2O4/c1-12(25)23-17(11-14-7-3-5-9-16(14)22)19(26)24-18(20(27)28)10-13-6-2-4-8-15(13)21/h2-9,17-18H,10-11H2,1H3,(H,23,25)(H,24,26)(H,27,28)/t17-,18+/m1/s1. The molecule has 0 aliphatic rings. The number of halogens is 2. The first kappa shape index (κ1) is 21.6. The summed E-state index contributed by atoms with van der Waals surface area (Å²) < 4.78 is 14.7. The Labute approximate surface area is 170 Å². The summed E-state index contributed by atoms with van der Waals surface area (Å²) in [6.45, 7) is 1.23. The topological polar surface area (TPSA) is 95.5 Å². The summed E-state index contributed by atoms with van der Waals surface area (Å²) in [5.74, 6) is -2.89. The van der Waals surface area contributed by atoms with Crippen molar-refractivity contribution in [1.29, 1.82) is 0 Å². The van der Waals surface area contributed by atoms with Crippen molar-refractivity contribution in [2.45, 2.75) is 31.8 Å². The quantitative estimate of drug-likeness (QED) is 0.575. The van der Waals surface area contributed by atoms with Gasteiger partial charge in [0.2, 0.25) is 11.8 Å². The predicted octanol–water partition coefficient (Wildman–Crippen LogP) is 2.45. The number of carbonyl (C=O) groups is 3. The van der Waals surface area contributed by atoms with Gasteiger partial charge in [-0.3, -0.25) is 9.59 Å². The van der Waals surface area contributed by atoms with E-state index >= 15 is 0 Å². The number of carboxylic acids is 1. The molecule has 0 saturated carbocycles. The fourth-order valence-electron chi connectivity index (χ4n) is 2.69. The van der Waals surface area contributed by atoms with Gasteiger partial charge in [-0.25, -0.2) is 9.18 Å². The van der Waals surface area contributed by atoms with E-state index < -0.39 is 35.7 Å². The Morgan fingerprint density at radius 2 is 1.54 bits per heavy atom. The molecule has 148 valence electrons. The summed E-state index contributed by atoms with van der Waals surface area (Å²) in [5, 5.41) is 14.4. The van der Waals surface area contributed by atoms with E-state index in [2.05, 4.69) is 26.6 Å². The third-order valence-corrected chi connectivity index (χ3v) is 4.85. The minimum atomic E-state index is -1.21. The molecule has 2 aromatic carbocycles. The average Bonchev–Trinajstić information content (AvgIpc) is 2.63. The molecule has 0 fully saturated rings. The van der Waals surface area contributed by atoms with Crippen LogP contribution in [0.1, 0.15) is 18.1 Å². The first-order chi connectivity index (χ1) is 13.3. The van der Waals surface area contributed by atoms with Gasteiger partial charge >= 0.3 is 5.97 Å². The lowest BCUT2D eigenvalue weighted by Gasteiger charge is -2.21. The maximum atomic E-state index is 13.9. The number of carbonyl (C=O) groups excluding carboxylic acids is 2. The molecule has 0 bridgehead atoms. The SMILES string of the molecule is CC(=O)N[C@H](Cc1ccccc1F)C(=O)N[C@@H](Cc1ccccc1Br)C(=O)O. The van der Waals surface area contributed by atoms with Crippen LogP contribution < -0.4 is 10.6 Å². The van der Waals surface area contributed by atoms with E-state index in [9.17, 15) is 23.9 Å². The van der Waals surface area contributed by atoms with Gasteiger partial charge in [-0.15, -0.1) is 0 Å². The highest BCUT2D eigenvalue weighted by Gasteiger charge is 2.27. The molecule has 2 amide bonds. The first-order valence-corrected chi connectivity index (χ1v) is 9.34. The van der Waals surface area contributed by atoms with Gasteiger partial charge in [0.1, 0.15) is 17.9 Å². The number of amides is 2. The van der Waals surface area contributed by atoms with E-state index in [4.69, 9.17) is 0 Å². The van der Waals surface area contributed by atoms with E-state index in [1.54, 1.807) is 30.3 Å². The summed E-state index contributed by atoms with van der Waals surface area (Å²) in [7, 11) is 0. The highest BCUT2D eigenvalue weighted by atomic mass is 79.9. The molecule has 0 radical (unpaired) electrons. The van der Waals surface area contributed by atoms with Gasteiger partial charge in [0, 0.05) is 24.2 Å². The number of rotatable bonds is 8. The van der Waals surface area contributed by atoms with Crippen LogP contribution in [0.3, 0.4) is 0 Å². The second-order valence-electron chi connectivity index (χ2n) is 6.24. The van der Waals surface area contributed by atoms with E-state index in [0.29, 0.717) is 5.56 Å². The van der Waals surface area contributed by atoms with Crippen LogP contribution >= 0.6 is 15.9 Å². The smallest absolute Gasteiger partial charge is 0.326 e. The van der Waals surface area contributed by atoms with Crippen molar-refractivity contribution in [2.75, 3.05) is 0 Å².